The van der Waals surface area contributed by atoms with Crippen LogP contribution in [0.25, 0.3) is 0 Å². The average molecular weight is 224 g/mol. The molecular formula is C11H20N4O. The molecule has 1 rings (SSSR count). The number of carbonyl (C=O) groups is 1. The number of amides is 1. The second-order valence-corrected chi connectivity index (χ2v) is 5.16. The van der Waals surface area contributed by atoms with E-state index in [-0.39, 0.29) is 17.4 Å². The molecule has 16 heavy (non-hydrogen) atoms. The Balaban J connectivity index is 2.88. The van der Waals surface area contributed by atoms with E-state index in [0.717, 1.165) is 0 Å². The molecule has 1 aromatic rings. The van der Waals surface area contributed by atoms with E-state index in [1.165, 1.54) is 6.20 Å². The van der Waals surface area contributed by atoms with E-state index in [2.05, 4.69) is 31.0 Å². The number of hydrogen-bond donors (Lipinski definition) is 2. The maximum Gasteiger partial charge on any atom is 0.274 e. The number of aromatic nitrogens is 2. The Morgan fingerprint density at radius 2 is 2.12 bits per heavy atom. The molecule has 1 aromatic heterocycles. The highest BCUT2D eigenvalue weighted by Crippen LogP contribution is 2.24. The predicted molar refractivity (Wildman–Crippen MR) is 64.0 cm³/mol. The van der Waals surface area contributed by atoms with Gasteiger partial charge >= 0.3 is 0 Å². The number of rotatable bonds is 2. The standard InChI is InChI=1S/C11H20N4O/c1-7(11(2,3)4)15(5)10(16)9-8(12)6-13-14-9/h6-7H,12H2,1-5H3,(H,13,14). The van der Waals surface area contributed by atoms with Crippen LogP contribution < -0.4 is 5.73 Å². The van der Waals surface area contributed by atoms with Gasteiger partial charge < -0.3 is 10.6 Å². The van der Waals surface area contributed by atoms with Gasteiger partial charge in [0.2, 0.25) is 0 Å². The Morgan fingerprint density at radius 3 is 2.50 bits per heavy atom. The molecule has 0 aliphatic rings. The average Bonchev–Trinajstić information content (AvgIpc) is 2.59. The van der Waals surface area contributed by atoms with Gasteiger partial charge in [0.1, 0.15) is 5.69 Å². The minimum Gasteiger partial charge on any atom is -0.396 e. The largest absolute Gasteiger partial charge is 0.396 e. The highest BCUT2D eigenvalue weighted by molar-refractivity contribution is 5.97. The fraction of sp³-hybridized carbons (Fsp3) is 0.636. The van der Waals surface area contributed by atoms with Gasteiger partial charge in [-0.2, -0.15) is 5.10 Å². The van der Waals surface area contributed by atoms with E-state index in [1.807, 2.05) is 6.92 Å². The summed E-state index contributed by atoms with van der Waals surface area (Å²) in [6.07, 6.45) is 1.45. The van der Waals surface area contributed by atoms with Crippen LogP contribution in [0.5, 0.6) is 0 Å². The lowest BCUT2D eigenvalue weighted by Crippen LogP contribution is -2.43. The SMILES string of the molecule is CC(N(C)C(=O)c1[nH]ncc1N)C(C)(C)C. The fourth-order valence-corrected chi connectivity index (χ4v) is 1.40. The first kappa shape index (κ1) is 12.5. The van der Waals surface area contributed by atoms with Crippen LogP contribution in [-0.2, 0) is 0 Å². The zero-order valence-corrected chi connectivity index (χ0v) is 10.5. The second kappa shape index (κ2) is 4.15. The van der Waals surface area contributed by atoms with Crippen molar-refractivity contribution in [1.82, 2.24) is 15.1 Å². The summed E-state index contributed by atoms with van der Waals surface area (Å²) in [7, 11) is 1.78. The Hall–Kier alpha value is -1.52. The lowest BCUT2D eigenvalue weighted by atomic mass is 9.87. The number of H-pyrrole nitrogens is 1. The first-order valence-electron chi connectivity index (χ1n) is 5.31. The number of carbonyl (C=O) groups excluding carboxylic acids is 1. The molecule has 5 heteroatoms. The third kappa shape index (κ3) is 2.35. The summed E-state index contributed by atoms with van der Waals surface area (Å²) in [6, 6.07) is 0.114. The molecule has 0 saturated carbocycles. The normalized spacial score (nSPS) is 13.6. The van der Waals surface area contributed by atoms with Gasteiger partial charge in [0.05, 0.1) is 11.9 Å². The highest BCUT2D eigenvalue weighted by atomic mass is 16.2. The van der Waals surface area contributed by atoms with Gasteiger partial charge in [-0.1, -0.05) is 20.8 Å². The molecule has 5 nitrogen and oxygen atoms in total. The van der Waals surface area contributed by atoms with Crippen LogP contribution in [0.15, 0.2) is 6.20 Å². The number of nitrogen functional groups attached to an aromatic ring is 1. The molecule has 1 atom stereocenters. The molecule has 0 aliphatic heterocycles. The molecule has 0 spiro atoms. The van der Waals surface area contributed by atoms with E-state index in [0.29, 0.717) is 11.4 Å². The lowest BCUT2D eigenvalue weighted by molar-refractivity contribution is 0.0624. The van der Waals surface area contributed by atoms with Crippen molar-refractivity contribution >= 4 is 11.6 Å². The van der Waals surface area contributed by atoms with E-state index in [9.17, 15) is 4.79 Å². The van der Waals surface area contributed by atoms with Crippen molar-refractivity contribution in [3.63, 3.8) is 0 Å². The van der Waals surface area contributed by atoms with Gasteiger partial charge in [-0.3, -0.25) is 9.89 Å². The van der Waals surface area contributed by atoms with Crippen molar-refractivity contribution in [2.24, 2.45) is 5.41 Å². The van der Waals surface area contributed by atoms with Gasteiger partial charge in [0, 0.05) is 13.1 Å². The monoisotopic (exact) mass is 224 g/mol. The summed E-state index contributed by atoms with van der Waals surface area (Å²) in [4.78, 5) is 13.8. The first-order chi connectivity index (χ1) is 7.25. The molecule has 3 N–H and O–H groups in total. The fourth-order valence-electron chi connectivity index (χ4n) is 1.40. The quantitative estimate of drug-likeness (QED) is 0.799. The first-order valence-corrected chi connectivity index (χ1v) is 5.31. The van der Waals surface area contributed by atoms with Gasteiger partial charge in [0.15, 0.2) is 0 Å². The van der Waals surface area contributed by atoms with Crippen LogP contribution in [0.1, 0.15) is 38.2 Å². The van der Waals surface area contributed by atoms with Gasteiger partial charge in [-0.05, 0) is 12.3 Å². The minimum absolute atomic E-state index is 0.0270. The number of nitrogens with two attached hydrogens (primary N) is 1. The number of nitrogens with one attached hydrogen (secondary N) is 1. The van der Waals surface area contributed by atoms with E-state index in [4.69, 9.17) is 5.73 Å². The van der Waals surface area contributed by atoms with Crippen LogP contribution in [0.4, 0.5) is 5.69 Å². The molecule has 1 heterocycles. The molecule has 1 amide bonds. The lowest BCUT2D eigenvalue weighted by Gasteiger charge is -2.35. The van der Waals surface area contributed by atoms with Gasteiger partial charge in [-0.15, -0.1) is 0 Å². The topological polar surface area (TPSA) is 75.0 Å². The maximum absolute atomic E-state index is 12.1. The molecule has 1 unspecified atom stereocenters. The molecule has 0 saturated heterocycles. The molecule has 0 bridgehead atoms. The van der Waals surface area contributed by atoms with Crippen molar-refractivity contribution in [2.75, 3.05) is 12.8 Å². The van der Waals surface area contributed by atoms with Crippen molar-refractivity contribution < 1.29 is 4.79 Å². The molecule has 0 fully saturated rings. The third-order valence-electron chi connectivity index (χ3n) is 3.04. The highest BCUT2D eigenvalue weighted by Gasteiger charge is 2.28. The van der Waals surface area contributed by atoms with Crippen molar-refractivity contribution in [3.8, 4) is 0 Å². The maximum atomic E-state index is 12.1. The summed E-state index contributed by atoms with van der Waals surface area (Å²) in [6.45, 7) is 8.30. The molecule has 90 valence electrons. The number of hydrogen-bond acceptors (Lipinski definition) is 3. The predicted octanol–water partition coefficient (Wildman–Crippen LogP) is 1.50. The van der Waals surface area contributed by atoms with Crippen molar-refractivity contribution in [2.45, 2.75) is 33.7 Å². The van der Waals surface area contributed by atoms with E-state index >= 15 is 0 Å². The van der Waals surface area contributed by atoms with Crippen LogP contribution in [0.3, 0.4) is 0 Å². The Labute approximate surface area is 96.0 Å². The minimum atomic E-state index is -0.127. The van der Waals surface area contributed by atoms with Crippen molar-refractivity contribution in [3.05, 3.63) is 11.9 Å². The Morgan fingerprint density at radius 1 is 1.56 bits per heavy atom. The van der Waals surface area contributed by atoms with Gasteiger partial charge in [0.25, 0.3) is 5.91 Å². The smallest absolute Gasteiger partial charge is 0.274 e. The Bertz CT molecular complexity index is 378. The second-order valence-electron chi connectivity index (χ2n) is 5.16. The van der Waals surface area contributed by atoms with E-state index in [1.54, 1.807) is 11.9 Å². The van der Waals surface area contributed by atoms with Crippen LogP contribution in [-0.4, -0.2) is 34.1 Å². The van der Waals surface area contributed by atoms with Crippen LogP contribution in [0.2, 0.25) is 0 Å². The molecular weight excluding hydrogens is 204 g/mol. The molecule has 0 radical (unpaired) electrons. The zero-order valence-electron chi connectivity index (χ0n) is 10.5. The van der Waals surface area contributed by atoms with Crippen LogP contribution in [0, 0.1) is 5.41 Å². The molecule has 0 aromatic carbocycles. The summed E-state index contributed by atoms with van der Waals surface area (Å²) in [5.74, 6) is -0.127. The van der Waals surface area contributed by atoms with Crippen LogP contribution >= 0.6 is 0 Å². The third-order valence-corrected chi connectivity index (χ3v) is 3.04. The summed E-state index contributed by atoms with van der Waals surface area (Å²) in [5, 5.41) is 6.38. The number of anilines is 1. The number of aromatic amines is 1. The summed E-state index contributed by atoms with van der Waals surface area (Å²) in [5.41, 5.74) is 6.42. The van der Waals surface area contributed by atoms with Gasteiger partial charge in [-0.25, -0.2) is 0 Å². The Kier molecular flexibility index (Phi) is 3.26. The summed E-state index contributed by atoms with van der Waals surface area (Å²) >= 11 is 0. The van der Waals surface area contributed by atoms with Crippen molar-refractivity contribution in [1.29, 1.82) is 0 Å². The van der Waals surface area contributed by atoms with E-state index < -0.39 is 0 Å². The summed E-state index contributed by atoms with van der Waals surface area (Å²) < 4.78 is 0. The zero-order chi connectivity index (χ0) is 12.5. The number of nitrogens with zero attached hydrogens (tertiary/aromatic N) is 2. The molecule has 0 aliphatic carbocycles.